The Morgan fingerprint density at radius 2 is 1.82 bits per heavy atom. The number of ketones is 1. The lowest BCUT2D eigenvalue weighted by molar-refractivity contribution is -0.384. The zero-order chi connectivity index (χ0) is 21.1. The summed E-state index contributed by atoms with van der Waals surface area (Å²) in [6.45, 7) is 6.86. The van der Waals surface area contributed by atoms with Crippen LogP contribution in [0, 0.1) is 15.5 Å². The molecule has 1 amide bonds. The molecule has 3 rings (SSSR count). The fourth-order valence-electron chi connectivity index (χ4n) is 4.46. The molecule has 2 saturated heterocycles. The van der Waals surface area contributed by atoms with Gasteiger partial charge in [0, 0.05) is 18.6 Å². The van der Waals surface area contributed by atoms with Crippen LogP contribution in [-0.4, -0.2) is 55.4 Å². The van der Waals surface area contributed by atoms with Gasteiger partial charge in [0.1, 0.15) is 11.1 Å². The third kappa shape index (κ3) is 2.50. The van der Waals surface area contributed by atoms with E-state index >= 15 is 0 Å². The highest BCUT2D eigenvalue weighted by Gasteiger charge is 2.78. The van der Waals surface area contributed by atoms with Crippen molar-refractivity contribution in [2.24, 2.45) is 5.41 Å². The van der Waals surface area contributed by atoms with Crippen LogP contribution in [0.3, 0.4) is 0 Å². The molecule has 0 spiro atoms. The third-order valence-electron chi connectivity index (χ3n) is 6.38. The number of carbonyl (C=O) groups is 2. The Bertz CT molecular complexity index is 848. The number of non-ortho nitro benzene ring substituents is 1. The number of nitrogens with zero attached hydrogens (tertiary/aromatic N) is 2. The monoisotopic (exact) mass is 392 g/mol. The molecule has 0 aromatic heterocycles. The lowest BCUT2D eigenvalue weighted by Gasteiger charge is -2.70. The summed E-state index contributed by atoms with van der Waals surface area (Å²) in [5, 5.41) is 32.4. The molecule has 2 heterocycles. The van der Waals surface area contributed by atoms with Crippen LogP contribution in [0.4, 0.5) is 5.69 Å². The van der Waals surface area contributed by atoms with Crippen LogP contribution in [0.15, 0.2) is 24.3 Å². The average molecular weight is 392 g/mol. The molecule has 2 fully saturated rings. The quantitative estimate of drug-likeness (QED) is 0.333. The Hall–Kier alpha value is -2.36. The minimum absolute atomic E-state index is 0.135. The topological polar surface area (TPSA) is 130 Å². The van der Waals surface area contributed by atoms with Crippen LogP contribution in [0.5, 0.6) is 0 Å². The molecule has 9 nitrogen and oxygen atoms in total. The lowest BCUT2D eigenvalue weighted by Crippen LogP contribution is -2.88. The SMILES string of the molecule is CC1(C)OCCC2(C)N1C(=O)C2(C)C(O)(O)C(=O)Cc1ccc([N+](=O)[O-])cc1. The summed E-state index contributed by atoms with van der Waals surface area (Å²) in [5.41, 5.74) is -3.38. The summed E-state index contributed by atoms with van der Waals surface area (Å²) in [7, 11) is 0. The first kappa shape index (κ1) is 20.4. The van der Waals surface area contributed by atoms with Crippen molar-refractivity contribution >= 4 is 17.4 Å². The fourth-order valence-corrected chi connectivity index (χ4v) is 4.46. The van der Waals surface area contributed by atoms with Crippen molar-refractivity contribution in [1.29, 1.82) is 0 Å². The highest BCUT2D eigenvalue weighted by molar-refractivity contribution is 6.01. The van der Waals surface area contributed by atoms with E-state index in [0.29, 0.717) is 18.6 Å². The van der Waals surface area contributed by atoms with Crippen molar-refractivity contribution in [1.82, 2.24) is 4.90 Å². The number of hydrogen-bond donors (Lipinski definition) is 2. The van der Waals surface area contributed by atoms with Gasteiger partial charge in [-0.2, -0.15) is 0 Å². The van der Waals surface area contributed by atoms with E-state index in [4.69, 9.17) is 4.74 Å². The molecule has 2 unspecified atom stereocenters. The van der Waals surface area contributed by atoms with Crippen LogP contribution >= 0.6 is 0 Å². The smallest absolute Gasteiger partial charge is 0.269 e. The first-order valence-electron chi connectivity index (χ1n) is 8.99. The second-order valence-corrected chi connectivity index (χ2v) is 8.28. The number of rotatable bonds is 5. The standard InChI is InChI=1S/C19H24N2O7/c1-16(2)20-15(23)18(4,17(20,3)9-10-28-16)19(24,25)14(22)11-12-5-7-13(8-6-12)21(26)27/h5-8,24-25H,9-11H2,1-4H3. The van der Waals surface area contributed by atoms with Crippen molar-refractivity contribution in [3.05, 3.63) is 39.9 Å². The normalized spacial score (nSPS) is 29.1. The van der Waals surface area contributed by atoms with Gasteiger partial charge in [-0.15, -0.1) is 0 Å². The Balaban J connectivity index is 1.88. The Morgan fingerprint density at radius 3 is 2.36 bits per heavy atom. The van der Waals surface area contributed by atoms with Crippen LogP contribution in [0.25, 0.3) is 0 Å². The molecule has 0 radical (unpaired) electrons. The van der Waals surface area contributed by atoms with E-state index in [2.05, 4.69) is 0 Å². The molecule has 2 aliphatic rings. The second kappa shape index (κ2) is 6.07. The van der Waals surface area contributed by atoms with E-state index in [-0.39, 0.29) is 12.1 Å². The summed E-state index contributed by atoms with van der Waals surface area (Å²) in [4.78, 5) is 37.4. The highest BCUT2D eigenvalue weighted by Crippen LogP contribution is 2.60. The van der Waals surface area contributed by atoms with E-state index in [1.54, 1.807) is 20.8 Å². The van der Waals surface area contributed by atoms with E-state index in [1.807, 2.05) is 0 Å². The van der Waals surface area contributed by atoms with Gasteiger partial charge in [-0.05, 0) is 39.7 Å². The van der Waals surface area contributed by atoms with Crippen LogP contribution < -0.4 is 0 Å². The minimum atomic E-state index is -2.90. The van der Waals surface area contributed by atoms with E-state index in [1.165, 1.54) is 36.1 Å². The van der Waals surface area contributed by atoms with Crippen molar-refractivity contribution in [2.45, 2.75) is 57.6 Å². The first-order chi connectivity index (χ1) is 12.8. The minimum Gasteiger partial charge on any atom is -0.359 e. The number of benzene rings is 1. The van der Waals surface area contributed by atoms with Crippen molar-refractivity contribution in [3.8, 4) is 0 Å². The van der Waals surface area contributed by atoms with E-state index in [9.17, 15) is 29.9 Å². The Kier molecular flexibility index (Phi) is 4.42. The summed E-state index contributed by atoms with van der Waals surface area (Å²) in [6.07, 6.45) is -0.0177. The molecule has 1 aromatic rings. The second-order valence-electron chi connectivity index (χ2n) is 8.28. The highest BCUT2D eigenvalue weighted by atomic mass is 16.6. The molecule has 2 atom stereocenters. The van der Waals surface area contributed by atoms with Crippen molar-refractivity contribution < 1.29 is 29.5 Å². The molecule has 2 aliphatic heterocycles. The van der Waals surface area contributed by atoms with Gasteiger partial charge >= 0.3 is 0 Å². The number of amides is 1. The Morgan fingerprint density at radius 1 is 1.25 bits per heavy atom. The molecule has 2 N–H and O–H groups in total. The predicted octanol–water partition coefficient (Wildman–Crippen LogP) is 1.15. The zero-order valence-electron chi connectivity index (χ0n) is 16.3. The number of carbonyl (C=O) groups excluding carboxylic acids is 2. The van der Waals surface area contributed by atoms with E-state index in [0.717, 1.165) is 0 Å². The molecular formula is C19H24N2O7. The molecule has 152 valence electrons. The van der Waals surface area contributed by atoms with Crippen LogP contribution in [-0.2, 0) is 20.7 Å². The van der Waals surface area contributed by atoms with Gasteiger partial charge in [0.05, 0.1) is 17.1 Å². The number of ether oxygens (including phenoxy) is 1. The van der Waals surface area contributed by atoms with Crippen LogP contribution in [0.2, 0.25) is 0 Å². The number of β-lactam (4-membered cyclic amide) rings is 1. The Labute approximate surface area is 162 Å². The number of Topliss-reactive ketones (excluding diaryl/α,β-unsaturated/α-hetero) is 1. The third-order valence-corrected chi connectivity index (χ3v) is 6.38. The van der Waals surface area contributed by atoms with Gasteiger partial charge in [-0.3, -0.25) is 19.7 Å². The van der Waals surface area contributed by atoms with Gasteiger partial charge in [0.25, 0.3) is 5.69 Å². The summed E-state index contributed by atoms with van der Waals surface area (Å²) < 4.78 is 5.63. The first-order valence-corrected chi connectivity index (χ1v) is 8.99. The number of aliphatic hydroxyl groups is 2. The molecule has 9 heteroatoms. The lowest BCUT2D eigenvalue weighted by atomic mass is 9.54. The van der Waals surface area contributed by atoms with Gasteiger partial charge in [-0.1, -0.05) is 12.1 Å². The summed E-state index contributed by atoms with van der Waals surface area (Å²) in [6, 6.07) is 5.23. The van der Waals surface area contributed by atoms with Crippen molar-refractivity contribution in [2.75, 3.05) is 6.61 Å². The number of nitro groups is 1. The molecule has 1 aromatic carbocycles. The van der Waals surface area contributed by atoms with Gasteiger partial charge in [0.2, 0.25) is 11.7 Å². The summed E-state index contributed by atoms with van der Waals surface area (Å²) >= 11 is 0. The van der Waals surface area contributed by atoms with Crippen LogP contribution in [0.1, 0.15) is 39.7 Å². The zero-order valence-corrected chi connectivity index (χ0v) is 16.3. The molecule has 0 saturated carbocycles. The van der Waals surface area contributed by atoms with E-state index < -0.39 is 39.1 Å². The predicted molar refractivity (Wildman–Crippen MR) is 97.0 cm³/mol. The fraction of sp³-hybridized carbons (Fsp3) is 0.579. The van der Waals surface area contributed by atoms with Gasteiger partial charge < -0.3 is 19.8 Å². The average Bonchev–Trinajstić information content (AvgIpc) is 2.60. The molecular weight excluding hydrogens is 368 g/mol. The summed E-state index contributed by atoms with van der Waals surface area (Å²) in [5.74, 6) is -4.41. The maximum atomic E-state index is 13.0. The number of nitro benzene ring substituents is 1. The largest absolute Gasteiger partial charge is 0.359 e. The van der Waals surface area contributed by atoms with Crippen molar-refractivity contribution in [3.63, 3.8) is 0 Å². The maximum Gasteiger partial charge on any atom is 0.269 e. The maximum absolute atomic E-state index is 13.0. The molecule has 0 aliphatic carbocycles. The number of hydrogen-bond acceptors (Lipinski definition) is 7. The van der Waals surface area contributed by atoms with Gasteiger partial charge in [0.15, 0.2) is 5.78 Å². The molecule has 28 heavy (non-hydrogen) atoms. The number of fused-ring (bicyclic) bond motifs is 1. The van der Waals surface area contributed by atoms with Gasteiger partial charge in [-0.25, -0.2) is 0 Å². The molecule has 0 bridgehead atoms.